The smallest absolute Gasteiger partial charge is 0.249 e. The molecule has 0 atom stereocenters. The van der Waals surface area contributed by atoms with Crippen molar-refractivity contribution < 1.29 is 19.4 Å². The van der Waals surface area contributed by atoms with Gasteiger partial charge in [0, 0.05) is 10.7 Å². The molecule has 0 aliphatic carbocycles. The van der Waals surface area contributed by atoms with Gasteiger partial charge >= 0.3 is 0 Å². The number of hydrogen-bond donors (Lipinski definition) is 3. The minimum Gasteiger partial charge on any atom is -0.503 e. The van der Waals surface area contributed by atoms with Crippen LogP contribution in [0.15, 0.2) is 41.5 Å². The van der Waals surface area contributed by atoms with E-state index < -0.39 is 18.2 Å². The number of ether oxygens (including phenoxy) is 1. The molecule has 2 rings (SSSR count). The lowest BCUT2D eigenvalue weighted by molar-refractivity contribution is -0.126. The van der Waals surface area contributed by atoms with Crippen molar-refractivity contribution in [2.45, 2.75) is 13.3 Å². The molecule has 142 valence electrons. The molecule has 7 nitrogen and oxygen atoms in total. The molecule has 0 spiro atoms. The lowest BCUT2D eigenvalue weighted by Crippen LogP contribution is -2.24. The molecule has 0 aliphatic rings. The van der Waals surface area contributed by atoms with E-state index in [9.17, 15) is 14.7 Å². The van der Waals surface area contributed by atoms with Gasteiger partial charge in [-0.25, -0.2) is 5.43 Å². The number of amides is 2. The van der Waals surface area contributed by atoms with Gasteiger partial charge in [0.1, 0.15) is 6.42 Å². The van der Waals surface area contributed by atoms with Crippen molar-refractivity contribution >= 4 is 46.9 Å². The molecule has 0 heterocycles. The van der Waals surface area contributed by atoms with Gasteiger partial charge in [0.05, 0.1) is 17.8 Å². The van der Waals surface area contributed by atoms with Crippen LogP contribution in [-0.2, 0) is 9.59 Å². The number of aromatic hydroxyl groups is 1. The van der Waals surface area contributed by atoms with Crippen LogP contribution in [0.5, 0.6) is 11.5 Å². The molecule has 0 unspecified atom stereocenters. The maximum Gasteiger partial charge on any atom is 0.249 e. The number of carbonyl (C=O) groups is 2. The van der Waals surface area contributed by atoms with Crippen molar-refractivity contribution in [3.63, 3.8) is 0 Å². The maximum atomic E-state index is 11.8. The van der Waals surface area contributed by atoms with Gasteiger partial charge in [-0.1, -0.05) is 23.2 Å². The third-order valence-corrected chi connectivity index (χ3v) is 3.74. The summed E-state index contributed by atoms with van der Waals surface area (Å²) in [7, 11) is 0. The first kappa shape index (κ1) is 20.5. The fourth-order valence-corrected chi connectivity index (χ4v) is 2.38. The summed E-state index contributed by atoms with van der Waals surface area (Å²) in [5.74, 6) is -1.04. The molecular weight excluding hydrogens is 393 g/mol. The van der Waals surface area contributed by atoms with Crippen molar-refractivity contribution in [1.29, 1.82) is 0 Å². The standard InChI is InChI=1S/C18H17Cl2N3O4/c1-2-27-15-8-11(7-14(20)18(15)26)10-21-23-17(25)9-16(24)22-13-5-3-12(19)4-6-13/h3-8,10,26H,2,9H2,1H3,(H,22,24)(H,23,25)/b21-10+. The van der Waals surface area contributed by atoms with Crippen LogP contribution in [0.2, 0.25) is 10.0 Å². The fraction of sp³-hybridized carbons (Fsp3) is 0.167. The van der Waals surface area contributed by atoms with Crippen LogP contribution in [0.3, 0.4) is 0 Å². The number of hydrogen-bond acceptors (Lipinski definition) is 5. The summed E-state index contributed by atoms with van der Waals surface area (Å²) in [5, 5.41) is 16.8. The zero-order valence-electron chi connectivity index (χ0n) is 14.3. The Morgan fingerprint density at radius 2 is 1.89 bits per heavy atom. The zero-order valence-corrected chi connectivity index (χ0v) is 15.8. The van der Waals surface area contributed by atoms with E-state index >= 15 is 0 Å². The van der Waals surface area contributed by atoms with Crippen LogP contribution in [0.25, 0.3) is 0 Å². The molecule has 0 fully saturated rings. The number of carbonyl (C=O) groups excluding carboxylic acids is 2. The molecule has 27 heavy (non-hydrogen) atoms. The monoisotopic (exact) mass is 409 g/mol. The first-order chi connectivity index (χ1) is 12.9. The molecule has 0 saturated carbocycles. The van der Waals surface area contributed by atoms with Crippen molar-refractivity contribution in [1.82, 2.24) is 5.43 Å². The van der Waals surface area contributed by atoms with Crippen LogP contribution in [-0.4, -0.2) is 29.7 Å². The first-order valence-corrected chi connectivity index (χ1v) is 8.67. The highest BCUT2D eigenvalue weighted by atomic mass is 35.5. The molecule has 0 aliphatic heterocycles. The van der Waals surface area contributed by atoms with E-state index in [4.69, 9.17) is 27.9 Å². The number of hydrazone groups is 1. The quantitative estimate of drug-likeness (QED) is 0.369. The van der Waals surface area contributed by atoms with Crippen molar-refractivity contribution in [3.05, 3.63) is 52.0 Å². The lowest BCUT2D eigenvalue weighted by atomic mass is 10.2. The highest BCUT2D eigenvalue weighted by molar-refractivity contribution is 6.32. The Hall–Kier alpha value is -2.77. The van der Waals surface area contributed by atoms with Gasteiger partial charge in [-0.3, -0.25) is 9.59 Å². The van der Waals surface area contributed by atoms with Crippen molar-refractivity contribution in [2.24, 2.45) is 5.10 Å². The molecule has 0 saturated heterocycles. The molecule has 0 radical (unpaired) electrons. The lowest BCUT2D eigenvalue weighted by Gasteiger charge is -2.08. The largest absolute Gasteiger partial charge is 0.503 e. The summed E-state index contributed by atoms with van der Waals surface area (Å²) < 4.78 is 5.26. The Kier molecular flexibility index (Phi) is 7.45. The normalized spacial score (nSPS) is 10.6. The van der Waals surface area contributed by atoms with Crippen LogP contribution >= 0.6 is 23.2 Å². The van der Waals surface area contributed by atoms with Gasteiger partial charge in [-0.15, -0.1) is 0 Å². The second-order valence-electron chi connectivity index (χ2n) is 5.31. The third kappa shape index (κ3) is 6.47. The van der Waals surface area contributed by atoms with Gasteiger partial charge in [-0.2, -0.15) is 5.10 Å². The number of nitrogens with zero attached hydrogens (tertiary/aromatic N) is 1. The number of anilines is 1. The van der Waals surface area contributed by atoms with Gasteiger partial charge in [-0.05, 0) is 48.9 Å². The van der Waals surface area contributed by atoms with Crippen LogP contribution < -0.4 is 15.5 Å². The predicted molar refractivity (Wildman–Crippen MR) is 105 cm³/mol. The predicted octanol–water partition coefficient (Wildman–Crippen LogP) is 3.58. The van der Waals surface area contributed by atoms with Crippen molar-refractivity contribution in [3.8, 4) is 11.5 Å². The molecule has 2 amide bonds. The molecule has 9 heteroatoms. The minimum absolute atomic E-state index is 0.0936. The van der Waals surface area contributed by atoms with Gasteiger partial charge in [0.2, 0.25) is 11.8 Å². The van der Waals surface area contributed by atoms with E-state index in [0.717, 1.165) is 0 Å². The zero-order chi connectivity index (χ0) is 19.8. The van der Waals surface area contributed by atoms with Gasteiger partial charge in [0.25, 0.3) is 0 Å². The SMILES string of the molecule is CCOc1cc(/C=N/NC(=O)CC(=O)Nc2ccc(Cl)cc2)cc(Cl)c1O. The van der Waals surface area contributed by atoms with E-state index in [1.54, 1.807) is 31.2 Å². The first-order valence-electron chi connectivity index (χ1n) is 7.91. The number of benzene rings is 2. The second kappa shape index (κ2) is 9.80. The topological polar surface area (TPSA) is 100 Å². The Balaban J connectivity index is 1.89. The molecule has 0 aromatic heterocycles. The van der Waals surface area contributed by atoms with Crippen molar-refractivity contribution in [2.75, 3.05) is 11.9 Å². The average molecular weight is 410 g/mol. The Bertz CT molecular complexity index is 854. The Morgan fingerprint density at radius 3 is 2.56 bits per heavy atom. The van der Waals surface area contributed by atoms with E-state index in [1.807, 2.05) is 0 Å². The van der Waals surface area contributed by atoms with Crippen LogP contribution in [0.1, 0.15) is 18.9 Å². The number of halogens is 2. The highest BCUT2D eigenvalue weighted by Crippen LogP contribution is 2.34. The summed E-state index contributed by atoms with van der Waals surface area (Å²) >= 11 is 11.7. The maximum absolute atomic E-state index is 11.8. The van der Waals surface area contributed by atoms with Crippen LogP contribution in [0.4, 0.5) is 5.69 Å². The third-order valence-electron chi connectivity index (χ3n) is 3.20. The van der Waals surface area contributed by atoms with E-state index in [-0.39, 0.29) is 16.5 Å². The second-order valence-corrected chi connectivity index (χ2v) is 6.15. The molecular formula is C18H17Cl2N3O4. The number of rotatable bonds is 7. The number of phenolic OH excluding ortho intramolecular Hbond substituents is 1. The summed E-state index contributed by atoms with van der Waals surface area (Å²) in [6.07, 6.45) is 0.920. The summed E-state index contributed by atoms with van der Waals surface area (Å²) in [5.41, 5.74) is 3.28. The minimum atomic E-state index is -0.590. The molecule has 0 bridgehead atoms. The molecule has 3 N–H and O–H groups in total. The van der Waals surface area contributed by atoms with Gasteiger partial charge < -0.3 is 15.2 Å². The Labute approximate surface area is 165 Å². The van der Waals surface area contributed by atoms with Crippen LogP contribution in [0, 0.1) is 0 Å². The summed E-state index contributed by atoms with van der Waals surface area (Å²) in [6.45, 7) is 2.12. The average Bonchev–Trinajstić information content (AvgIpc) is 2.61. The van der Waals surface area contributed by atoms with Gasteiger partial charge in [0.15, 0.2) is 11.5 Å². The number of nitrogens with one attached hydrogen (secondary N) is 2. The fourth-order valence-electron chi connectivity index (χ4n) is 2.04. The molecule has 2 aromatic carbocycles. The Morgan fingerprint density at radius 1 is 1.19 bits per heavy atom. The van der Waals surface area contributed by atoms with E-state index in [0.29, 0.717) is 22.9 Å². The van der Waals surface area contributed by atoms with E-state index in [2.05, 4.69) is 15.8 Å². The van der Waals surface area contributed by atoms with E-state index in [1.165, 1.54) is 18.3 Å². The molecule has 2 aromatic rings. The summed E-state index contributed by atoms with van der Waals surface area (Å²) in [6, 6.07) is 9.49. The number of phenols is 1. The summed E-state index contributed by atoms with van der Waals surface area (Å²) in [4.78, 5) is 23.6. The highest BCUT2D eigenvalue weighted by Gasteiger charge is 2.10.